The van der Waals surface area contributed by atoms with Gasteiger partial charge in [0.15, 0.2) is 5.78 Å². The molecule has 0 bridgehead atoms. The molecule has 0 unspecified atom stereocenters. The maximum absolute atomic E-state index is 14.5. The van der Waals surface area contributed by atoms with Gasteiger partial charge in [-0.2, -0.15) is 135 Å². The fraction of sp³-hybridized carbons (Fsp3) is 0.667. The summed E-state index contributed by atoms with van der Waals surface area (Å²) in [6.45, 7) is 16.4. The van der Waals surface area contributed by atoms with Gasteiger partial charge in [0.1, 0.15) is 18.1 Å². The average Bonchev–Trinajstić information content (AvgIpc) is 3.66. The van der Waals surface area contributed by atoms with Crippen molar-refractivity contribution in [3.63, 3.8) is 0 Å². The van der Waals surface area contributed by atoms with Gasteiger partial charge in [-0.3, -0.25) is 19.2 Å². The number of ether oxygens (including phenoxy) is 2. The number of Topliss-reactive ketones (excluding diaryl/α,β-unsaturated/α-hetero) is 1. The number of thioether (sulfide) groups is 2. The number of carbonyl (C=O) groups is 4. The van der Waals surface area contributed by atoms with Gasteiger partial charge in [-0.1, -0.05) is 139 Å². The minimum absolute atomic E-state index is 0. The summed E-state index contributed by atoms with van der Waals surface area (Å²) in [4.78, 5) is 62.5. The molecule has 0 saturated carbocycles. The van der Waals surface area contributed by atoms with E-state index in [4.69, 9.17) is 33.9 Å². The molecule has 0 aliphatic carbocycles. The van der Waals surface area contributed by atoms with E-state index < -0.39 is 29.6 Å². The first-order chi connectivity index (χ1) is 33.5. The number of carbonyl (C=O) groups excluding carboxylic acids is 4. The highest BCUT2D eigenvalue weighted by Gasteiger charge is 2.56. The number of ketones is 1. The Kier molecular flexibility index (Phi) is 48.0. The second-order valence-corrected chi connectivity index (χ2v) is 24.6. The Morgan fingerprint density at radius 2 is 1.09 bits per heavy atom. The number of nitrogens with zero attached hydrogens (tertiary/aromatic N) is 2. The lowest BCUT2D eigenvalue weighted by atomic mass is 9.79. The van der Waals surface area contributed by atoms with Crippen molar-refractivity contribution in [1.29, 1.82) is 0 Å². The molecule has 10 atom stereocenters. The number of nitrogens with one attached hydrogen (secondary N) is 4. The summed E-state index contributed by atoms with van der Waals surface area (Å²) in [5.41, 5.74) is 1.22. The third-order valence-corrected chi connectivity index (χ3v) is 18.3. The fourth-order valence-electron chi connectivity index (χ4n) is 10.4. The number of rotatable bonds is 24. The molecule has 4 aliphatic heterocycles. The molecule has 466 valence electrons. The number of amides is 3. The second kappa shape index (κ2) is 43.1. The Bertz CT molecular complexity index is 1970. The minimum Gasteiger partial charge on any atom is -0.381 e. The van der Waals surface area contributed by atoms with E-state index in [1.165, 1.54) is 0 Å². The van der Waals surface area contributed by atoms with Crippen LogP contribution in [-0.4, -0.2) is 129 Å². The van der Waals surface area contributed by atoms with E-state index in [9.17, 15) is 19.2 Å². The zero-order chi connectivity index (χ0) is 50.6. The minimum atomic E-state index is -0.626. The highest BCUT2D eigenvalue weighted by molar-refractivity contribution is 8.00. The standard InChI is InChI=1S/C54H80N6O6S4.10H2S/c1-9-35(2)49(67)57-40-24-28-70-45-32-54(6,7)47(60(45)52(40)64)48(62)56-42(38-22-16-13-17-23-38)34-66-27-19-11-10-18-26-65-33-39(37-20-14-12-15-21-37)30-43(61)46-53(4,5)31-44-59(46)51(63)41(25-29-69-44)58-50(68)36(3)55-8;;;;;;;;;;/h12-17,20-23,35-36,39-42,44-47,55H,9-11,18-19,24-34H2,1-8H3,(H,56,62)(H,57,67)(H,58,68);10*1H2/t35-,36+,39-,40+,41+,42-,44+,45+,46-,47-;;;;;;;;;;/m1........../s1. The van der Waals surface area contributed by atoms with Crippen LogP contribution >= 0.6 is 183 Å². The summed E-state index contributed by atoms with van der Waals surface area (Å²) in [6.07, 6.45) is 7.68. The van der Waals surface area contributed by atoms with Crippen molar-refractivity contribution in [2.24, 2.45) is 16.7 Å². The largest absolute Gasteiger partial charge is 0.381 e. The van der Waals surface area contributed by atoms with Gasteiger partial charge in [-0.15, -0.1) is 23.5 Å². The second-order valence-electron chi connectivity index (χ2n) is 21.2. The van der Waals surface area contributed by atoms with E-state index >= 15 is 0 Å². The Morgan fingerprint density at radius 3 is 1.56 bits per heavy atom. The van der Waals surface area contributed by atoms with Gasteiger partial charge in [-0.25, -0.2) is 0 Å². The zero-order valence-electron chi connectivity index (χ0n) is 47.8. The Balaban J connectivity index is -0.00000187. The molecule has 4 N–H and O–H groups in total. The van der Waals surface area contributed by atoms with Gasteiger partial charge in [-0.05, 0) is 92.4 Å². The van der Waals surface area contributed by atoms with Gasteiger partial charge in [0, 0.05) is 31.5 Å². The summed E-state index contributed by atoms with van der Waals surface area (Å²) in [5.74, 6) is 1.50. The lowest BCUT2D eigenvalue weighted by Crippen LogP contribution is -2.57. The quantitative estimate of drug-likeness (QED) is 0.0586. The molecule has 0 spiro atoms. The van der Waals surface area contributed by atoms with Crippen LogP contribution in [0.2, 0.25) is 0 Å². The topological polar surface area (TPSA) is 141 Å². The van der Waals surface area contributed by atoms with Gasteiger partial charge in [0.25, 0.3) is 0 Å². The van der Waals surface area contributed by atoms with Crippen molar-refractivity contribution in [2.75, 3.05) is 45.0 Å². The molecule has 4 saturated heterocycles. The number of hydrogen-bond donors (Lipinski definition) is 4. The van der Waals surface area contributed by atoms with E-state index in [0.29, 0.717) is 49.2 Å². The van der Waals surface area contributed by atoms with Gasteiger partial charge in [0.2, 0.25) is 17.7 Å². The molecule has 3 amide bonds. The van der Waals surface area contributed by atoms with Crippen molar-refractivity contribution in [3.05, 3.63) is 71.8 Å². The van der Waals surface area contributed by atoms with Crippen LogP contribution in [0.4, 0.5) is 0 Å². The van der Waals surface area contributed by atoms with E-state index in [1.54, 1.807) is 23.5 Å². The predicted octanol–water partition coefficient (Wildman–Crippen LogP) is 9.71. The monoisotopic (exact) mass is 1380 g/mol. The van der Waals surface area contributed by atoms with Gasteiger partial charge < -0.3 is 40.5 Å². The van der Waals surface area contributed by atoms with Crippen LogP contribution in [0.25, 0.3) is 0 Å². The smallest absolute Gasteiger partial charge is 0.246 e. The summed E-state index contributed by atoms with van der Waals surface area (Å²) >= 11 is 14.8. The number of benzene rings is 2. The molecule has 12 nitrogen and oxygen atoms in total. The van der Waals surface area contributed by atoms with Crippen LogP contribution in [-0.2, 0) is 28.7 Å². The van der Waals surface area contributed by atoms with Crippen LogP contribution in [0.5, 0.6) is 0 Å². The molecular weight excluding hydrogens is 1280 g/mol. The number of fused-ring (bicyclic) bond motifs is 2. The normalized spacial score (nSPS) is 22.4. The molecule has 0 aromatic heterocycles. The third kappa shape index (κ3) is 24.2. The number of thiocarbonyl (C=S) groups is 2. The number of likely N-dealkylation sites (N-methyl/N-ethyl adjacent to an activating group) is 1. The highest BCUT2D eigenvalue weighted by Crippen LogP contribution is 2.48. The third-order valence-electron chi connectivity index (χ3n) is 14.8. The lowest BCUT2D eigenvalue weighted by Gasteiger charge is -2.35. The maximum atomic E-state index is 14.5. The van der Waals surface area contributed by atoms with E-state index in [1.807, 2.05) is 72.3 Å². The highest BCUT2D eigenvalue weighted by atomic mass is 32.2. The van der Waals surface area contributed by atoms with Gasteiger partial charge >= 0.3 is 0 Å². The van der Waals surface area contributed by atoms with Crippen LogP contribution < -0.4 is 21.3 Å². The molecule has 6 rings (SSSR count). The van der Waals surface area contributed by atoms with Gasteiger partial charge in [0.05, 0.1) is 52.1 Å². The Morgan fingerprint density at radius 1 is 0.650 bits per heavy atom. The van der Waals surface area contributed by atoms with E-state index in [0.717, 1.165) is 67.6 Å². The maximum Gasteiger partial charge on any atom is 0.246 e. The Hall–Kier alpha value is 0.380. The Labute approximate surface area is 569 Å². The molecule has 2 aromatic rings. The molecule has 2 aromatic carbocycles. The summed E-state index contributed by atoms with van der Waals surface area (Å²) in [5, 5.41) is 13.0. The predicted molar refractivity (Wildman–Crippen MR) is 397 cm³/mol. The first kappa shape index (κ1) is 89.1. The van der Waals surface area contributed by atoms with Crippen LogP contribution in [0.1, 0.15) is 136 Å². The molecule has 4 fully saturated rings. The first-order valence-electron chi connectivity index (χ1n) is 25.7. The van der Waals surface area contributed by atoms with Crippen LogP contribution in [0, 0.1) is 16.7 Å². The number of hydrogen-bond acceptors (Lipinski definition) is 11. The summed E-state index contributed by atoms with van der Waals surface area (Å²) < 4.78 is 12.6. The average molecular weight is 1380 g/mol. The molecule has 80 heavy (non-hydrogen) atoms. The molecule has 26 heteroatoms. The van der Waals surface area contributed by atoms with Crippen LogP contribution in [0.15, 0.2) is 60.7 Å². The van der Waals surface area contributed by atoms with E-state index in [2.05, 4.69) is 74.9 Å². The van der Waals surface area contributed by atoms with Crippen molar-refractivity contribution < 1.29 is 28.7 Å². The van der Waals surface area contributed by atoms with Crippen molar-refractivity contribution in [3.8, 4) is 0 Å². The van der Waals surface area contributed by atoms with Crippen molar-refractivity contribution in [1.82, 2.24) is 31.1 Å². The van der Waals surface area contributed by atoms with E-state index in [-0.39, 0.29) is 205 Å². The molecule has 4 aliphatic rings. The summed E-state index contributed by atoms with van der Waals surface area (Å²) in [6, 6.07) is 17.5. The molecule has 4 heterocycles. The first-order valence-corrected chi connectivity index (χ1v) is 28.6. The SMILES string of the molecule is CC[C@@H](C)C(=S)N[C@H]1CCS[C@H]2CC(C)(C)[C@@H](C(=O)N[C@H](COCCCCCCOC[C@@H](CC(=O)[C@H]3N4C(=O)[C@@H](NC(=S)[C@H](C)NC)CCS[C@H]4CC3(C)C)c3ccccc3)c3ccccc3)N2C1=O.S.S.S.S.S.S.S.S.S.S. The van der Waals surface area contributed by atoms with Crippen molar-refractivity contribution >= 4 is 216 Å². The van der Waals surface area contributed by atoms with Crippen molar-refractivity contribution in [2.45, 2.75) is 166 Å². The van der Waals surface area contributed by atoms with Crippen LogP contribution in [0.3, 0.4) is 0 Å². The fourth-order valence-corrected chi connectivity index (χ4v) is 14.2. The number of unbranched alkanes of at least 4 members (excludes halogenated alkanes) is 3. The summed E-state index contributed by atoms with van der Waals surface area (Å²) in [7, 11) is 1.85. The molecular formula is C54H100N6O6S14. The zero-order valence-corrected chi connectivity index (χ0v) is 61.1. The lowest BCUT2D eigenvalue weighted by molar-refractivity contribution is -0.142. The molecule has 0 radical (unpaired) electrons.